The molecule has 2 heterocycles. The number of rotatable bonds is 3. The topological polar surface area (TPSA) is 100 Å². The van der Waals surface area contributed by atoms with Gasteiger partial charge in [-0.25, -0.2) is 19.3 Å². The number of aromatic nitrogens is 3. The standard InChI is InChI=1S/C21H13F3N4O3/c22-21(23,24)12-4-3-5-13(10-12)28-18(29)15-7-2-1-6-14(15)16(19(28)30)11-26-17-8-9-25-20(31)27-17/h1-11,30H,(H,25,27,31). The molecular weight excluding hydrogens is 413 g/mol. The van der Waals surface area contributed by atoms with Gasteiger partial charge in [-0.3, -0.25) is 9.78 Å². The van der Waals surface area contributed by atoms with Gasteiger partial charge in [0.1, 0.15) is 5.82 Å². The van der Waals surface area contributed by atoms with Crippen LogP contribution in [0.1, 0.15) is 11.1 Å². The molecule has 0 amide bonds. The number of aromatic amines is 1. The molecule has 2 N–H and O–H groups in total. The Bertz CT molecular complexity index is 1440. The largest absolute Gasteiger partial charge is 0.494 e. The predicted molar refractivity (Wildman–Crippen MR) is 108 cm³/mol. The second kappa shape index (κ2) is 7.56. The van der Waals surface area contributed by atoms with Crippen LogP contribution in [0, 0.1) is 0 Å². The summed E-state index contributed by atoms with van der Waals surface area (Å²) in [5, 5.41) is 11.4. The molecule has 7 nitrogen and oxygen atoms in total. The number of nitrogens with one attached hydrogen (secondary N) is 1. The molecular formula is C21H13F3N4O3. The van der Waals surface area contributed by atoms with Crippen LogP contribution in [0.25, 0.3) is 16.5 Å². The molecule has 156 valence electrons. The number of aromatic hydroxyl groups is 1. The summed E-state index contributed by atoms with van der Waals surface area (Å²) in [5.74, 6) is -0.455. The van der Waals surface area contributed by atoms with E-state index < -0.39 is 28.9 Å². The lowest BCUT2D eigenvalue weighted by Gasteiger charge is -2.15. The highest BCUT2D eigenvalue weighted by Gasteiger charge is 2.31. The molecule has 0 aliphatic heterocycles. The molecule has 0 saturated carbocycles. The Hall–Kier alpha value is -4.21. The third-order valence-corrected chi connectivity index (χ3v) is 4.53. The molecule has 0 aliphatic rings. The number of fused-ring (bicyclic) bond motifs is 1. The number of benzene rings is 2. The van der Waals surface area contributed by atoms with Crippen LogP contribution in [0.3, 0.4) is 0 Å². The van der Waals surface area contributed by atoms with E-state index in [2.05, 4.69) is 15.0 Å². The minimum Gasteiger partial charge on any atom is -0.494 e. The molecule has 0 spiro atoms. The van der Waals surface area contributed by atoms with Crippen LogP contribution in [-0.2, 0) is 6.18 Å². The summed E-state index contributed by atoms with van der Waals surface area (Å²) in [6, 6.07) is 11.8. The molecule has 2 aromatic heterocycles. The van der Waals surface area contributed by atoms with Crippen molar-refractivity contribution >= 4 is 22.8 Å². The highest BCUT2D eigenvalue weighted by atomic mass is 19.4. The van der Waals surface area contributed by atoms with Crippen molar-refractivity contribution in [2.45, 2.75) is 6.18 Å². The summed E-state index contributed by atoms with van der Waals surface area (Å²) < 4.78 is 40.2. The van der Waals surface area contributed by atoms with E-state index in [0.29, 0.717) is 5.39 Å². The quantitative estimate of drug-likeness (QED) is 0.490. The van der Waals surface area contributed by atoms with Crippen molar-refractivity contribution < 1.29 is 18.3 Å². The number of pyridine rings is 1. The summed E-state index contributed by atoms with van der Waals surface area (Å²) in [6.07, 6.45) is -2.16. The second-order valence-corrected chi connectivity index (χ2v) is 6.49. The van der Waals surface area contributed by atoms with Crippen molar-refractivity contribution in [3.05, 3.63) is 92.8 Å². The minimum atomic E-state index is -4.62. The van der Waals surface area contributed by atoms with Crippen molar-refractivity contribution in [2.75, 3.05) is 0 Å². The van der Waals surface area contributed by atoms with E-state index in [4.69, 9.17) is 0 Å². The summed E-state index contributed by atoms with van der Waals surface area (Å²) >= 11 is 0. The van der Waals surface area contributed by atoms with Crippen molar-refractivity contribution in [3.8, 4) is 11.6 Å². The van der Waals surface area contributed by atoms with Gasteiger partial charge in [-0.05, 0) is 30.3 Å². The number of nitrogens with zero attached hydrogens (tertiary/aromatic N) is 3. The Morgan fingerprint density at radius 2 is 1.77 bits per heavy atom. The maximum Gasteiger partial charge on any atom is 0.416 e. The van der Waals surface area contributed by atoms with Crippen LogP contribution in [0.2, 0.25) is 0 Å². The SMILES string of the molecule is O=c1nccc(N=Cc2c(O)n(-c3cccc(C(F)(F)F)c3)c(=O)c3ccccc23)[nH]1. The molecule has 0 aliphatic carbocycles. The Balaban J connectivity index is 1.98. The molecule has 0 bridgehead atoms. The lowest BCUT2D eigenvalue weighted by molar-refractivity contribution is -0.137. The van der Waals surface area contributed by atoms with E-state index in [1.165, 1.54) is 30.6 Å². The number of hydrogen-bond donors (Lipinski definition) is 2. The van der Waals surface area contributed by atoms with E-state index in [-0.39, 0.29) is 22.5 Å². The first-order valence-corrected chi connectivity index (χ1v) is 8.89. The Kier molecular flexibility index (Phi) is 4.90. The van der Waals surface area contributed by atoms with E-state index in [9.17, 15) is 27.9 Å². The zero-order valence-corrected chi connectivity index (χ0v) is 15.6. The maximum atomic E-state index is 13.2. The average molecular weight is 426 g/mol. The fraction of sp³-hybridized carbons (Fsp3) is 0.0476. The first kappa shape index (κ1) is 20.1. The summed E-state index contributed by atoms with van der Waals surface area (Å²) in [5.41, 5.74) is -2.35. The monoisotopic (exact) mass is 426 g/mol. The summed E-state index contributed by atoms with van der Waals surface area (Å²) in [4.78, 5) is 34.3. The summed E-state index contributed by atoms with van der Waals surface area (Å²) in [7, 11) is 0. The van der Waals surface area contributed by atoms with Crippen LogP contribution in [0.4, 0.5) is 19.0 Å². The fourth-order valence-electron chi connectivity index (χ4n) is 3.12. The van der Waals surface area contributed by atoms with Gasteiger partial charge in [0.25, 0.3) is 5.56 Å². The molecule has 31 heavy (non-hydrogen) atoms. The summed E-state index contributed by atoms with van der Waals surface area (Å²) in [6.45, 7) is 0. The van der Waals surface area contributed by atoms with Crippen LogP contribution >= 0.6 is 0 Å². The van der Waals surface area contributed by atoms with Gasteiger partial charge in [0.2, 0.25) is 5.88 Å². The number of aliphatic imine (C=N–C) groups is 1. The maximum absolute atomic E-state index is 13.2. The van der Waals surface area contributed by atoms with E-state index in [1.54, 1.807) is 18.2 Å². The predicted octanol–water partition coefficient (Wildman–Crippen LogP) is 3.55. The zero-order chi connectivity index (χ0) is 22.2. The van der Waals surface area contributed by atoms with Gasteiger partial charge < -0.3 is 5.11 Å². The van der Waals surface area contributed by atoms with Crippen LogP contribution in [-0.4, -0.2) is 25.9 Å². The Morgan fingerprint density at radius 3 is 2.48 bits per heavy atom. The number of H-pyrrole nitrogens is 1. The normalized spacial score (nSPS) is 12.0. The van der Waals surface area contributed by atoms with E-state index in [0.717, 1.165) is 22.8 Å². The molecule has 0 radical (unpaired) electrons. The third kappa shape index (κ3) is 3.82. The van der Waals surface area contributed by atoms with Gasteiger partial charge in [0, 0.05) is 23.2 Å². The molecule has 0 atom stereocenters. The van der Waals surface area contributed by atoms with Gasteiger partial charge in [-0.1, -0.05) is 24.3 Å². The van der Waals surface area contributed by atoms with E-state index in [1.807, 2.05) is 0 Å². The molecule has 0 unspecified atom stereocenters. The fourth-order valence-corrected chi connectivity index (χ4v) is 3.12. The van der Waals surface area contributed by atoms with Gasteiger partial charge in [0.15, 0.2) is 0 Å². The smallest absolute Gasteiger partial charge is 0.416 e. The van der Waals surface area contributed by atoms with Crippen LogP contribution < -0.4 is 11.2 Å². The second-order valence-electron chi connectivity index (χ2n) is 6.49. The zero-order valence-electron chi connectivity index (χ0n) is 15.6. The molecule has 4 aromatic rings. The third-order valence-electron chi connectivity index (χ3n) is 4.53. The Morgan fingerprint density at radius 1 is 1.03 bits per heavy atom. The molecule has 10 heteroatoms. The molecule has 4 rings (SSSR count). The number of halogens is 3. The van der Waals surface area contributed by atoms with Crippen LogP contribution in [0.15, 0.2) is 75.4 Å². The van der Waals surface area contributed by atoms with Gasteiger partial charge >= 0.3 is 11.9 Å². The Labute approximate surface area is 171 Å². The first-order valence-electron chi connectivity index (χ1n) is 8.89. The lowest BCUT2D eigenvalue weighted by atomic mass is 10.1. The highest BCUT2D eigenvalue weighted by molar-refractivity contribution is 6.02. The molecule has 2 aromatic carbocycles. The van der Waals surface area contributed by atoms with Crippen LogP contribution in [0.5, 0.6) is 5.88 Å². The van der Waals surface area contributed by atoms with Gasteiger partial charge in [0.05, 0.1) is 16.8 Å². The van der Waals surface area contributed by atoms with Crippen molar-refractivity contribution in [2.24, 2.45) is 4.99 Å². The van der Waals surface area contributed by atoms with E-state index >= 15 is 0 Å². The van der Waals surface area contributed by atoms with Gasteiger partial charge in [-0.15, -0.1) is 0 Å². The molecule has 0 fully saturated rings. The highest BCUT2D eigenvalue weighted by Crippen LogP contribution is 2.32. The number of alkyl halides is 3. The van der Waals surface area contributed by atoms with Crippen molar-refractivity contribution in [1.29, 1.82) is 0 Å². The van der Waals surface area contributed by atoms with Gasteiger partial charge in [-0.2, -0.15) is 13.2 Å². The first-order chi connectivity index (χ1) is 14.8. The number of hydrogen-bond acceptors (Lipinski definition) is 5. The van der Waals surface area contributed by atoms with Crippen molar-refractivity contribution in [3.63, 3.8) is 0 Å². The lowest BCUT2D eigenvalue weighted by Crippen LogP contribution is -2.20. The van der Waals surface area contributed by atoms with Crippen molar-refractivity contribution in [1.82, 2.24) is 14.5 Å². The molecule has 0 saturated heterocycles. The average Bonchev–Trinajstić information content (AvgIpc) is 2.73. The minimum absolute atomic E-state index is 0.0882.